The zero-order chi connectivity index (χ0) is 13.5. The first-order valence-corrected chi connectivity index (χ1v) is 8.83. The maximum Gasteiger partial charge on any atom is 0.226 e. The number of carbonyl (C=O) groups is 1. The summed E-state index contributed by atoms with van der Waals surface area (Å²) < 4.78 is 0. The van der Waals surface area contributed by atoms with Crippen LogP contribution >= 0.6 is 12.4 Å². The number of carbonyl (C=O) groups excluding carboxylic acids is 1. The summed E-state index contributed by atoms with van der Waals surface area (Å²) in [7, 11) is 0. The summed E-state index contributed by atoms with van der Waals surface area (Å²) >= 11 is 0. The quantitative estimate of drug-likeness (QED) is 0.818. The van der Waals surface area contributed by atoms with Gasteiger partial charge < -0.3 is 10.2 Å². The Morgan fingerprint density at radius 3 is 2.00 bits per heavy atom. The third-order valence-electron chi connectivity index (χ3n) is 5.74. The lowest BCUT2D eigenvalue weighted by atomic mass is 9.94. The number of hydrogen-bond acceptors (Lipinski definition) is 2. The average Bonchev–Trinajstić information content (AvgIpc) is 3.30. The van der Waals surface area contributed by atoms with Crippen LogP contribution in [0.1, 0.15) is 51.4 Å². The molecule has 1 heterocycles. The molecule has 0 aromatic carbocycles. The van der Waals surface area contributed by atoms with Crippen LogP contribution in [0.2, 0.25) is 0 Å². The van der Waals surface area contributed by atoms with E-state index in [4.69, 9.17) is 0 Å². The molecule has 0 aromatic rings. The third kappa shape index (κ3) is 3.92. The maximum absolute atomic E-state index is 12.7. The molecule has 0 radical (unpaired) electrons. The highest BCUT2D eigenvalue weighted by Crippen LogP contribution is 2.50. The molecule has 1 amide bonds. The van der Waals surface area contributed by atoms with Gasteiger partial charge in [0.2, 0.25) is 5.91 Å². The summed E-state index contributed by atoms with van der Waals surface area (Å²) in [4.78, 5) is 14.9. The minimum Gasteiger partial charge on any atom is -0.342 e. The van der Waals surface area contributed by atoms with Crippen molar-refractivity contribution in [3.8, 4) is 0 Å². The number of nitrogens with one attached hydrogen (secondary N) is 1. The zero-order valence-electron chi connectivity index (χ0n) is 12.9. The van der Waals surface area contributed by atoms with Crippen molar-refractivity contribution in [1.82, 2.24) is 10.2 Å². The van der Waals surface area contributed by atoms with E-state index in [2.05, 4.69) is 10.2 Å². The van der Waals surface area contributed by atoms with Gasteiger partial charge in [0.05, 0.1) is 0 Å². The van der Waals surface area contributed by atoms with Crippen molar-refractivity contribution in [3.63, 3.8) is 0 Å². The van der Waals surface area contributed by atoms with Crippen molar-refractivity contribution in [2.75, 3.05) is 19.6 Å². The van der Waals surface area contributed by atoms with Crippen LogP contribution in [0.3, 0.4) is 0 Å². The maximum atomic E-state index is 12.7. The van der Waals surface area contributed by atoms with Gasteiger partial charge in [-0.3, -0.25) is 4.79 Å². The summed E-state index contributed by atoms with van der Waals surface area (Å²) in [6, 6.07) is 0.667. The predicted octanol–water partition coefficient (Wildman–Crippen LogP) is 2.84. The Kier molecular flexibility index (Phi) is 4.80. The van der Waals surface area contributed by atoms with Gasteiger partial charge >= 0.3 is 0 Å². The Labute approximate surface area is 134 Å². The van der Waals surface area contributed by atoms with Gasteiger partial charge in [-0.1, -0.05) is 0 Å². The Bertz CT molecular complexity index is 357. The van der Waals surface area contributed by atoms with Crippen LogP contribution in [0.5, 0.6) is 0 Å². The van der Waals surface area contributed by atoms with E-state index in [1.165, 1.54) is 57.9 Å². The lowest BCUT2D eigenvalue weighted by Crippen LogP contribution is -2.47. The van der Waals surface area contributed by atoms with E-state index in [1.54, 1.807) is 0 Å². The number of nitrogens with zero attached hydrogens (tertiary/aromatic N) is 1. The highest BCUT2D eigenvalue weighted by molar-refractivity contribution is 5.85. The minimum atomic E-state index is 0. The van der Waals surface area contributed by atoms with Gasteiger partial charge in [-0.15, -0.1) is 12.4 Å². The number of piperidine rings is 1. The van der Waals surface area contributed by atoms with Crippen molar-refractivity contribution in [2.45, 2.75) is 57.4 Å². The molecule has 1 aliphatic heterocycles. The molecular weight excluding hydrogens is 284 g/mol. The van der Waals surface area contributed by atoms with Crippen LogP contribution in [0.4, 0.5) is 0 Å². The molecule has 0 atom stereocenters. The van der Waals surface area contributed by atoms with E-state index in [-0.39, 0.29) is 12.4 Å². The second kappa shape index (κ2) is 6.45. The topological polar surface area (TPSA) is 32.3 Å². The van der Waals surface area contributed by atoms with E-state index in [0.717, 1.165) is 30.8 Å². The molecule has 0 spiro atoms. The average molecular weight is 313 g/mol. The van der Waals surface area contributed by atoms with Gasteiger partial charge in [-0.2, -0.15) is 0 Å². The monoisotopic (exact) mass is 312 g/mol. The van der Waals surface area contributed by atoms with Crippen LogP contribution in [0.25, 0.3) is 0 Å². The summed E-state index contributed by atoms with van der Waals surface area (Å²) in [5.74, 6) is 3.38. The normalized spacial score (nSPS) is 26.8. The summed E-state index contributed by atoms with van der Waals surface area (Å²) in [6.45, 7) is 3.21. The molecule has 3 saturated carbocycles. The van der Waals surface area contributed by atoms with Gasteiger partial charge in [-0.25, -0.2) is 0 Å². The van der Waals surface area contributed by atoms with Crippen molar-refractivity contribution in [3.05, 3.63) is 0 Å². The summed E-state index contributed by atoms with van der Waals surface area (Å²) in [5, 5.41) is 3.70. The highest BCUT2D eigenvalue weighted by Gasteiger charge is 2.47. The number of amides is 1. The fourth-order valence-electron chi connectivity index (χ4n) is 3.87. The van der Waals surface area contributed by atoms with E-state index in [1.807, 2.05) is 0 Å². The molecule has 4 aliphatic rings. The predicted molar refractivity (Wildman–Crippen MR) is 86.5 cm³/mol. The molecular formula is C17H29ClN2O. The summed E-state index contributed by atoms with van der Waals surface area (Å²) in [6.07, 6.45) is 10.4. The minimum absolute atomic E-state index is 0. The Morgan fingerprint density at radius 1 is 0.952 bits per heavy atom. The number of likely N-dealkylation sites (tertiary alicyclic amines) is 1. The molecule has 3 aliphatic carbocycles. The van der Waals surface area contributed by atoms with Crippen LogP contribution < -0.4 is 5.32 Å². The molecule has 4 heteroatoms. The SMILES string of the molecule is Cl.O=C(C(C1CC1)C1CC1)N1CCC(NCC2CC2)CC1. The Hall–Kier alpha value is -0.280. The molecule has 4 rings (SSSR count). The molecule has 1 N–H and O–H groups in total. The summed E-state index contributed by atoms with van der Waals surface area (Å²) in [5.41, 5.74) is 0. The van der Waals surface area contributed by atoms with Crippen LogP contribution in [0, 0.1) is 23.7 Å². The first kappa shape index (κ1) is 15.6. The Morgan fingerprint density at radius 2 is 1.52 bits per heavy atom. The number of halogens is 1. The molecule has 0 bridgehead atoms. The van der Waals surface area contributed by atoms with Crippen LogP contribution in [-0.4, -0.2) is 36.5 Å². The molecule has 4 fully saturated rings. The smallest absolute Gasteiger partial charge is 0.226 e. The van der Waals surface area contributed by atoms with Crippen molar-refractivity contribution >= 4 is 18.3 Å². The zero-order valence-corrected chi connectivity index (χ0v) is 13.7. The third-order valence-corrected chi connectivity index (χ3v) is 5.74. The van der Waals surface area contributed by atoms with Gasteiger partial charge in [0.1, 0.15) is 0 Å². The van der Waals surface area contributed by atoms with Crippen LogP contribution in [-0.2, 0) is 4.79 Å². The van der Waals surface area contributed by atoms with Crippen LogP contribution in [0.15, 0.2) is 0 Å². The van der Waals surface area contributed by atoms with E-state index >= 15 is 0 Å². The fraction of sp³-hybridized carbons (Fsp3) is 0.941. The molecule has 0 unspecified atom stereocenters. The lowest BCUT2D eigenvalue weighted by Gasteiger charge is -2.35. The standard InChI is InChI=1S/C17H28N2O.ClH/c20-17(16(13-3-4-13)14-5-6-14)19-9-7-15(8-10-19)18-11-12-1-2-12;/h12-16,18H,1-11H2;1H. The van der Waals surface area contributed by atoms with E-state index in [0.29, 0.717) is 17.9 Å². The molecule has 3 nitrogen and oxygen atoms in total. The number of hydrogen-bond donors (Lipinski definition) is 1. The number of rotatable bonds is 6. The van der Waals surface area contributed by atoms with E-state index < -0.39 is 0 Å². The molecule has 0 aromatic heterocycles. The first-order valence-electron chi connectivity index (χ1n) is 8.83. The first-order chi connectivity index (χ1) is 9.81. The van der Waals surface area contributed by atoms with Gasteiger partial charge in [-0.05, 0) is 75.7 Å². The molecule has 1 saturated heterocycles. The molecule has 21 heavy (non-hydrogen) atoms. The van der Waals surface area contributed by atoms with E-state index in [9.17, 15) is 4.79 Å². The highest BCUT2D eigenvalue weighted by atomic mass is 35.5. The fourth-order valence-corrected chi connectivity index (χ4v) is 3.87. The van der Waals surface area contributed by atoms with Crippen molar-refractivity contribution in [1.29, 1.82) is 0 Å². The van der Waals surface area contributed by atoms with Crippen molar-refractivity contribution in [2.24, 2.45) is 23.7 Å². The second-order valence-electron chi connectivity index (χ2n) is 7.65. The largest absolute Gasteiger partial charge is 0.342 e. The van der Waals surface area contributed by atoms with Crippen molar-refractivity contribution < 1.29 is 4.79 Å². The Balaban J connectivity index is 0.00000132. The van der Waals surface area contributed by atoms with Gasteiger partial charge in [0.15, 0.2) is 0 Å². The second-order valence-corrected chi connectivity index (χ2v) is 7.65. The molecule has 120 valence electrons. The van der Waals surface area contributed by atoms with Gasteiger partial charge in [0.25, 0.3) is 0 Å². The van der Waals surface area contributed by atoms with Gasteiger partial charge in [0, 0.05) is 25.0 Å². The lowest BCUT2D eigenvalue weighted by molar-refractivity contribution is -0.138.